The molecule has 1 saturated carbocycles. The van der Waals surface area contributed by atoms with E-state index in [4.69, 9.17) is 10.5 Å². The Bertz CT molecular complexity index is 555. The van der Waals surface area contributed by atoms with Gasteiger partial charge in [0.1, 0.15) is 5.75 Å². The number of ether oxygens (including phenoxy) is 2. The van der Waals surface area contributed by atoms with E-state index in [9.17, 15) is 13.2 Å². The molecule has 1 aliphatic carbocycles. The number of alkyl halides is 3. The second-order valence-electron chi connectivity index (χ2n) is 5.85. The molecule has 134 valence electrons. The lowest BCUT2D eigenvalue weighted by molar-refractivity contribution is -0.274. The molecule has 0 spiro atoms. The van der Waals surface area contributed by atoms with Crippen LogP contribution in [-0.4, -0.2) is 32.1 Å². The van der Waals surface area contributed by atoms with Crippen LogP contribution in [0.15, 0.2) is 29.3 Å². The summed E-state index contributed by atoms with van der Waals surface area (Å²) in [5.74, 6) is -0.0430. The van der Waals surface area contributed by atoms with Crippen molar-refractivity contribution < 1.29 is 22.6 Å². The van der Waals surface area contributed by atoms with Gasteiger partial charge in [0.2, 0.25) is 0 Å². The Morgan fingerprint density at radius 3 is 2.50 bits per heavy atom. The molecule has 5 nitrogen and oxygen atoms in total. The highest BCUT2D eigenvalue weighted by molar-refractivity contribution is 5.92. The van der Waals surface area contributed by atoms with Gasteiger partial charge in [0, 0.05) is 25.4 Å². The minimum Gasteiger partial charge on any atom is -0.406 e. The van der Waals surface area contributed by atoms with E-state index in [0.29, 0.717) is 18.8 Å². The Labute approximate surface area is 139 Å². The van der Waals surface area contributed by atoms with E-state index in [0.717, 1.165) is 25.9 Å². The summed E-state index contributed by atoms with van der Waals surface area (Å²) in [5.41, 5.74) is 6.56. The normalized spacial score (nSPS) is 16.8. The smallest absolute Gasteiger partial charge is 0.406 e. The van der Waals surface area contributed by atoms with Crippen molar-refractivity contribution in [2.75, 3.05) is 25.1 Å². The molecule has 1 aliphatic rings. The highest BCUT2D eigenvalue weighted by Crippen LogP contribution is 2.49. The molecule has 0 radical (unpaired) electrons. The number of guanidine groups is 1. The zero-order chi connectivity index (χ0) is 17.6. The Morgan fingerprint density at radius 1 is 1.29 bits per heavy atom. The number of rotatable bonds is 8. The van der Waals surface area contributed by atoms with Gasteiger partial charge in [-0.2, -0.15) is 0 Å². The molecule has 0 bridgehead atoms. The lowest BCUT2D eigenvalue weighted by Gasteiger charge is -2.13. The Hall–Kier alpha value is -1.96. The molecule has 1 aromatic carbocycles. The third kappa shape index (κ3) is 6.27. The standard InChI is InChI=1S/C16H22F3N3O2/c1-2-23-10-9-15(7-8-15)11-21-14(20)22-12-3-5-13(6-4-12)24-16(17,18)19/h3-6H,2,7-11H2,1H3,(H3,20,21,22). The van der Waals surface area contributed by atoms with E-state index in [-0.39, 0.29) is 17.1 Å². The number of nitrogens with one attached hydrogen (secondary N) is 1. The number of benzene rings is 1. The molecular weight excluding hydrogens is 323 g/mol. The molecule has 0 amide bonds. The summed E-state index contributed by atoms with van der Waals surface area (Å²) in [7, 11) is 0. The van der Waals surface area contributed by atoms with Gasteiger partial charge in [0.05, 0.1) is 0 Å². The summed E-state index contributed by atoms with van der Waals surface area (Å²) in [6.07, 6.45) is -1.52. The monoisotopic (exact) mass is 345 g/mol. The second-order valence-corrected chi connectivity index (χ2v) is 5.85. The minimum atomic E-state index is -4.70. The Kier molecular flexibility index (Phi) is 5.93. The maximum absolute atomic E-state index is 12.1. The zero-order valence-corrected chi connectivity index (χ0v) is 13.5. The summed E-state index contributed by atoms with van der Waals surface area (Å²) in [6.45, 7) is 4.01. The first-order valence-corrected chi connectivity index (χ1v) is 7.82. The Morgan fingerprint density at radius 2 is 1.96 bits per heavy atom. The van der Waals surface area contributed by atoms with Gasteiger partial charge in [-0.3, -0.25) is 4.99 Å². The number of anilines is 1. The lowest BCUT2D eigenvalue weighted by atomic mass is 10.0. The van der Waals surface area contributed by atoms with E-state index < -0.39 is 6.36 Å². The van der Waals surface area contributed by atoms with Gasteiger partial charge in [-0.1, -0.05) is 0 Å². The first-order valence-electron chi connectivity index (χ1n) is 7.82. The van der Waals surface area contributed by atoms with E-state index in [2.05, 4.69) is 15.0 Å². The maximum Gasteiger partial charge on any atom is 0.573 e. The summed E-state index contributed by atoms with van der Waals surface area (Å²) in [6, 6.07) is 5.33. The number of nitrogens with two attached hydrogens (primary N) is 1. The van der Waals surface area contributed by atoms with Crippen molar-refractivity contribution in [2.45, 2.75) is 32.5 Å². The van der Waals surface area contributed by atoms with Crippen molar-refractivity contribution >= 4 is 11.6 Å². The van der Waals surface area contributed by atoms with Crippen LogP contribution in [0.3, 0.4) is 0 Å². The summed E-state index contributed by atoms with van der Waals surface area (Å²) < 4.78 is 45.5. The zero-order valence-electron chi connectivity index (χ0n) is 13.5. The largest absolute Gasteiger partial charge is 0.573 e. The highest BCUT2D eigenvalue weighted by atomic mass is 19.4. The van der Waals surface area contributed by atoms with Crippen molar-refractivity contribution in [3.05, 3.63) is 24.3 Å². The van der Waals surface area contributed by atoms with Crippen LogP contribution in [0.5, 0.6) is 5.75 Å². The summed E-state index contributed by atoms with van der Waals surface area (Å²) in [4.78, 5) is 4.33. The molecule has 0 heterocycles. The van der Waals surface area contributed by atoms with Gasteiger partial charge in [-0.25, -0.2) is 0 Å². The lowest BCUT2D eigenvalue weighted by Crippen LogP contribution is -2.24. The molecule has 0 atom stereocenters. The first kappa shape index (κ1) is 18.4. The van der Waals surface area contributed by atoms with Gasteiger partial charge in [0.25, 0.3) is 0 Å². The molecule has 3 N–H and O–H groups in total. The van der Waals surface area contributed by atoms with Crippen molar-refractivity contribution in [3.8, 4) is 5.75 Å². The topological polar surface area (TPSA) is 68.9 Å². The van der Waals surface area contributed by atoms with E-state index in [1.54, 1.807) is 0 Å². The van der Waals surface area contributed by atoms with Crippen LogP contribution in [0, 0.1) is 5.41 Å². The number of aliphatic imine (C=N–C) groups is 1. The van der Waals surface area contributed by atoms with Crippen molar-refractivity contribution in [3.63, 3.8) is 0 Å². The Balaban J connectivity index is 1.82. The second kappa shape index (κ2) is 7.74. The fraction of sp³-hybridized carbons (Fsp3) is 0.562. The van der Waals surface area contributed by atoms with Crippen LogP contribution >= 0.6 is 0 Å². The van der Waals surface area contributed by atoms with Crippen LogP contribution in [0.1, 0.15) is 26.2 Å². The van der Waals surface area contributed by atoms with Gasteiger partial charge >= 0.3 is 6.36 Å². The summed E-state index contributed by atoms with van der Waals surface area (Å²) >= 11 is 0. The fourth-order valence-corrected chi connectivity index (χ4v) is 2.28. The molecule has 0 saturated heterocycles. The van der Waals surface area contributed by atoms with Gasteiger partial charge in [0.15, 0.2) is 5.96 Å². The van der Waals surface area contributed by atoms with E-state index >= 15 is 0 Å². The first-order chi connectivity index (χ1) is 11.3. The molecule has 0 aromatic heterocycles. The molecule has 1 fully saturated rings. The quantitative estimate of drug-likeness (QED) is 0.430. The van der Waals surface area contributed by atoms with Crippen LogP contribution < -0.4 is 15.8 Å². The summed E-state index contributed by atoms with van der Waals surface area (Å²) in [5, 5.41) is 2.86. The van der Waals surface area contributed by atoms with E-state index in [1.165, 1.54) is 24.3 Å². The van der Waals surface area contributed by atoms with Gasteiger partial charge in [-0.05, 0) is 55.9 Å². The highest BCUT2D eigenvalue weighted by Gasteiger charge is 2.41. The van der Waals surface area contributed by atoms with Gasteiger partial charge < -0.3 is 20.5 Å². The molecule has 8 heteroatoms. The number of nitrogens with zero attached hydrogens (tertiary/aromatic N) is 1. The third-order valence-electron chi connectivity index (χ3n) is 3.88. The predicted octanol–water partition coefficient (Wildman–Crippen LogP) is 3.52. The molecule has 2 rings (SSSR count). The average molecular weight is 345 g/mol. The van der Waals surface area contributed by atoms with Crippen LogP contribution in [-0.2, 0) is 4.74 Å². The maximum atomic E-state index is 12.1. The predicted molar refractivity (Wildman–Crippen MR) is 86.0 cm³/mol. The van der Waals surface area contributed by atoms with Crippen LogP contribution in [0.4, 0.5) is 18.9 Å². The van der Waals surface area contributed by atoms with Crippen LogP contribution in [0.25, 0.3) is 0 Å². The van der Waals surface area contributed by atoms with Crippen molar-refractivity contribution in [1.82, 2.24) is 0 Å². The molecule has 0 aliphatic heterocycles. The number of hydrogen-bond acceptors (Lipinski definition) is 3. The number of hydrogen-bond donors (Lipinski definition) is 2. The minimum absolute atomic E-state index is 0.186. The molecule has 1 aromatic rings. The van der Waals surface area contributed by atoms with E-state index in [1.807, 2.05) is 6.92 Å². The van der Waals surface area contributed by atoms with Crippen molar-refractivity contribution in [1.29, 1.82) is 0 Å². The van der Waals surface area contributed by atoms with Gasteiger partial charge in [-0.15, -0.1) is 13.2 Å². The number of halogens is 3. The molecular formula is C16H22F3N3O2. The SMILES string of the molecule is CCOCCC1(CN=C(N)Nc2ccc(OC(F)(F)F)cc2)CC1. The third-order valence-corrected chi connectivity index (χ3v) is 3.88. The average Bonchev–Trinajstić information content (AvgIpc) is 3.27. The molecule has 24 heavy (non-hydrogen) atoms. The fourth-order valence-electron chi connectivity index (χ4n) is 2.28. The van der Waals surface area contributed by atoms with Crippen LogP contribution in [0.2, 0.25) is 0 Å². The van der Waals surface area contributed by atoms with Crippen molar-refractivity contribution in [2.24, 2.45) is 16.1 Å². The molecule has 0 unspecified atom stereocenters.